The third-order valence-electron chi connectivity index (χ3n) is 13.5. The predicted octanol–water partition coefficient (Wildman–Crippen LogP) is -3.09. The molecule has 30 nitrogen and oxygen atoms in total. The average molecular weight is 1190 g/mol. The number of benzene rings is 3. The van der Waals surface area contributed by atoms with E-state index in [4.69, 9.17) is 61.6 Å². The first-order valence-electron chi connectivity index (χ1n) is 25.7. The van der Waals surface area contributed by atoms with E-state index in [1.165, 1.54) is 61.7 Å². The molecule has 3 aromatic rings. The van der Waals surface area contributed by atoms with Crippen LogP contribution in [0.3, 0.4) is 0 Å². The maximum absolute atomic E-state index is 14.2. The number of aliphatic hydroxyl groups excluding tert-OH is 9. The number of hydrogen-bond donors (Lipinski definition) is 12. The molecule has 12 N–H and O–H groups in total. The number of phenolic OH excluding ortho intramolecular Hbond substituents is 3. The van der Waals surface area contributed by atoms with E-state index in [2.05, 4.69) is 0 Å². The van der Waals surface area contributed by atoms with Gasteiger partial charge in [-0.25, -0.2) is 14.4 Å². The van der Waals surface area contributed by atoms with Crippen molar-refractivity contribution in [2.24, 2.45) is 0 Å². The molecule has 0 radical (unpaired) electrons. The summed E-state index contributed by atoms with van der Waals surface area (Å²) >= 11 is 0. The Bertz CT molecular complexity index is 2790. The molecule has 0 saturated carbocycles. The van der Waals surface area contributed by atoms with Gasteiger partial charge in [-0.1, -0.05) is 30.3 Å². The predicted molar refractivity (Wildman–Crippen MR) is 273 cm³/mol. The fourth-order valence-electron chi connectivity index (χ4n) is 9.12. The summed E-state index contributed by atoms with van der Waals surface area (Å²) in [5.41, 5.74) is 0.267. The lowest BCUT2D eigenvalue weighted by molar-refractivity contribution is -0.421. The largest absolute Gasteiger partial charge is 0.504 e. The Balaban J connectivity index is 1.40. The molecule has 3 aromatic carbocycles. The lowest BCUT2D eigenvalue weighted by Gasteiger charge is -2.50. The van der Waals surface area contributed by atoms with Gasteiger partial charge in [-0.3, -0.25) is 9.59 Å². The van der Waals surface area contributed by atoms with Crippen molar-refractivity contribution >= 4 is 42.0 Å². The number of aliphatic hydroxyl groups is 9. The van der Waals surface area contributed by atoms with Crippen LogP contribution in [-0.4, -0.2) is 247 Å². The lowest BCUT2D eigenvalue weighted by Crippen LogP contribution is -2.69. The van der Waals surface area contributed by atoms with E-state index in [0.29, 0.717) is 0 Å². The van der Waals surface area contributed by atoms with E-state index in [1.54, 1.807) is 6.07 Å². The molecule has 0 spiro atoms. The molecule has 30 heteroatoms. The van der Waals surface area contributed by atoms with Crippen molar-refractivity contribution in [1.29, 1.82) is 0 Å². The molecule has 4 fully saturated rings. The zero-order valence-corrected chi connectivity index (χ0v) is 44.8. The van der Waals surface area contributed by atoms with Crippen molar-refractivity contribution in [2.45, 2.75) is 130 Å². The number of rotatable bonds is 22. The van der Waals surface area contributed by atoms with Gasteiger partial charge < -0.3 is 123 Å². The Morgan fingerprint density at radius 1 is 0.548 bits per heavy atom. The highest BCUT2D eigenvalue weighted by molar-refractivity contribution is 5.90. The molecule has 7 rings (SSSR count). The first kappa shape index (κ1) is 64.6. The Kier molecular flexibility index (Phi) is 22.1. The van der Waals surface area contributed by atoms with Gasteiger partial charge in [0.25, 0.3) is 0 Å². The van der Waals surface area contributed by atoms with Crippen molar-refractivity contribution in [1.82, 2.24) is 0 Å². The number of methoxy groups -OCH3 is 1. The summed E-state index contributed by atoms with van der Waals surface area (Å²) in [5.74, 6) is -9.87. The molecule has 0 aliphatic carbocycles. The van der Waals surface area contributed by atoms with Gasteiger partial charge in [0.1, 0.15) is 99.2 Å². The van der Waals surface area contributed by atoms with Crippen LogP contribution in [0.5, 0.6) is 23.0 Å². The van der Waals surface area contributed by atoms with Gasteiger partial charge >= 0.3 is 29.8 Å². The van der Waals surface area contributed by atoms with Gasteiger partial charge in [-0.05, 0) is 59.7 Å². The number of phenols is 3. The third kappa shape index (κ3) is 15.5. The fraction of sp³-hybridized carbons (Fsp3) is 0.500. The minimum absolute atomic E-state index is 0.00828. The smallest absolute Gasteiger partial charge is 0.338 e. The zero-order chi connectivity index (χ0) is 61.2. The summed E-state index contributed by atoms with van der Waals surface area (Å²) in [6.45, 7) is -3.17. The van der Waals surface area contributed by atoms with Gasteiger partial charge in [0.15, 0.2) is 54.1 Å². The van der Waals surface area contributed by atoms with E-state index >= 15 is 0 Å². The molecule has 0 bridgehead atoms. The van der Waals surface area contributed by atoms with Gasteiger partial charge in [0.05, 0.1) is 25.9 Å². The van der Waals surface area contributed by atoms with E-state index in [9.17, 15) is 85.3 Å². The summed E-state index contributed by atoms with van der Waals surface area (Å²) < 4.78 is 76.3. The summed E-state index contributed by atoms with van der Waals surface area (Å²) in [6.07, 6.45) is -34.3. The number of esters is 5. The quantitative estimate of drug-likeness (QED) is 0.0205. The molecule has 4 aliphatic heterocycles. The molecule has 84 heavy (non-hydrogen) atoms. The zero-order valence-electron chi connectivity index (χ0n) is 44.8. The topological polar surface area (TPSA) is 448 Å². The molecular formula is C54H64O30. The Labute approximate surface area is 476 Å². The maximum Gasteiger partial charge on any atom is 0.338 e. The molecule has 460 valence electrons. The standard InChI is InChI=1S/C54H64O30/c1-24(57)73-21-35-40(65)43(68)45(70)52(77-35)80-47-46(79-38(63)16-12-27-10-14-30(60)32(18-27)72-3)36(22-74-25(2)58)78-53(48(47)81-51-44(69)42(67)39(64)33(19-55)76-51)84-54(23-75-37(62)15-11-26-9-13-29(59)31(61)17-26)49(41(66)34(20-56)83-54)82-50(71)28-7-5-4-6-8-28/h4-18,33-36,39-49,51-53,55-56,59-61,64-70H,19-23H2,1-3H3. The number of aromatic hydroxyl groups is 3. The number of ether oxygens (including phenoxy) is 13. The second-order valence-electron chi connectivity index (χ2n) is 19.4. The summed E-state index contributed by atoms with van der Waals surface area (Å²) in [5, 5.41) is 130. The molecule has 4 saturated heterocycles. The summed E-state index contributed by atoms with van der Waals surface area (Å²) in [7, 11) is 1.26. The van der Waals surface area contributed by atoms with E-state index in [0.717, 1.165) is 44.2 Å². The van der Waals surface area contributed by atoms with Crippen LogP contribution in [0.1, 0.15) is 35.3 Å². The summed E-state index contributed by atoms with van der Waals surface area (Å²) in [6, 6.07) is 14.5. The first-order valence-corrected chi connectivity index (χ1v) is 25.7. The lowest BCUT2D eigenvalue weighted by atomic mass is 9.95. The van der Waals surface area contributed by atoms with Crippen LogP contribution < -0.4 is 4.74 Å². The molecular weight excluding hydrogens is 1130 g/mol. The summed E-state index contributed by atoms with van der Waals surface area (Å²) in [4.78, 5) is 66.4. The van der Waals surface area contributed by atoms with E-state index in [1.807, 2.05) is 0 Å². The Morgan fingerprint density at radius 3 is 1.69 bits per heavy atom. The number of hydrogen-bond acceptors (Lipinski definition) is 30. The van der Waals surface area contributed by atoms with Gasteiger partial charge in [0, 0.05) is 26.0 Å². The SMILES string of the molecule is COc1cc(C=CC(=O)OC2C(COC(C)=O)OC(OC3(COC(=O)C=Cc4ccc(O)c(O)c4)OC(CO)C(O)C3OC(=O)c3ccccc3)C(OC3OC(CO)C(O)C(O)C3O)C2OC2OC(COC(C)=O)C(O)C(O)C2O)ccc1O. The number of carbonyl (C=O) groups excluding carboxylic acids is 5. The van der Waals surface area contributed by atoms with Crippen molar-refractivity contribution in [3.8, 4) is 23.0 Å². The first-order chi connectivity index (χ1) is 40.0. The highest BCUT2D eigenvalue weighted by Crippen LogP contribution is 2.42. The highest BCUT2D eigenvalue weighted by atomic mass is 16.8. The normalized spacial score (nSPS) is 33.3. The van der Waals surface area contributed by atoms with Crippen molar-refractivity contribution in [3.63, 3.8) is 0 Å². The van der Waals surface area contributed by atoms with Crippen LogP contribution in [-0.2, 0) is 76.0 Å². The molecule has 19 unspecified atom stereocenters. The second kappa shape index (κ2) is 28.8. The second-order valence-corrected chi connectivity index (χ2v) is 19.4. The molecule has 4 aliphatic rings. The molecule has 4 heterocycles. The van der Waals surface area contributed by atoms with Crippen LogP contribution in [0.25, 0.3) is 12.2 Å². The minimum Gasteiger partial charge on any atom is -0.504 e. The van der Waals surface area contributed by atoms with Crippen molar-refractivity contribution < 1.29 is 147 Å². The van der Waals surface area contributed by atoms with E-state index < -0.39 is 191 Å². The van der Waals surface area contributed by atoms with Gasteiger partial charge in [-0.2, -0.15) is 0 Å². The van der Waals surface area contributed by atoms with Crippen LogP contribution in [0.2, 0.25) is 0 Å². The maximum atomic E-state index is 14.2. The van der Waals surface area contributed by atoms with Gasteiger partial charge in [0.2, 0.25) is 5.79 Å². The van der Waals surface area contributed by atoms with Crippen LogP contribution in [0, 0.1) is 0 Å². The highest BCUT2D eigenvalue weighted by Gasteiger charge is 2.64. The average Bonchev–Trinajstić information content (AvgIpc) is 1.94. The Morgan fingerprint density at radius 2 is 1.10 bits per heavy atom. The monoisotopic (exact) mass is 1190 g/mol. The minimum atomic E-state index is -2.97. The van der Waals surface area contributed by atoms with Gasteiger partial charge in [-0.15, -0.1) is 0 Å². The molecule has 19 atom stereocenters. The van der Waals surface area contributed by atoms with Crippen LogP contribution in [0.15, 0.2) is 78.9 Å². The number of carbonyl (C=O) groups is 5. The van der Waals surface area contributed by atoms with Crippen molar-refractivity contribution in [3.05, 3.63) is 95.6 Å². The Hall–Kier alpha value is -6.95. The third-order valence-corrected chi connectivity index (χ3v) is 13.5. The fourth-order valence-corrected chi connectivity index (χ4v) is 9.12. The molecule has 0 aromatic heterocycles. The molecule has 0 amide bonds. The van der Waals surface area contributed by atoms with Crippen LogP contribution >= 0.6 is 0 Å². The van der Waals surface area contributed by atoms with Crippen LogP contribution in [0.4, 0.5) is 0 Å². The van der Waals surface area contributed by atoms with Crippen molar-refractivity contribution in [2.75, 3.05) is 40.1 Å². The van der Waals surface area contributed by atoms with E-state index in [-0.39, 0.29) is 28.2 Å².